The maximum Gasteiger partial charge on any atom is 0.433 e. The van der Waals surface area contributed by atoms with E-state index in [-0.39, 0.29) is 59.1 Å². The lowest BCUT2D eigenvalue weighted by atomic mass is 10.0. The fourth-order valence-corrected chi connectivity index (χ4v) is 5.64. The van der Waals surface area contributed by atoms with Crippen LogP contribution in [-0.2, 0) is 21.3 Å². The maximum atomic E-state index is 14.0. The highest BCUT2D eigenvalue weighted by atomic mass is 32.1. The topological polar surface area (TPSA) is 154 Å². The number of fused-ring (bicyclic) bond motifs is 1. The number of likely N-dealkylation sites (tertiary alicyclic amines) is 1. The molecule has 0 radical (unpaired) electrons. The van der Waals surface area contributed by atoms with Crippen molar-refractivity contribution in [2.24, 2.45) is 5.73 Å². The molecule has 4 aromatic rings. The summed E-state index contributed by atoms with van der Waals surface area (Å²) in [6, 6.07) is 2.96. The third kappa shape index (κ3) is 5.18. The molecule has 1 aromatic carbocycles. The van der Waals surface area contributed by atoms with E-state index >= 15 is 0 Å². The van der Waals surface area contributed by atoms with Gasteiger partial charge in [-0.25, -0.2) is 19.7 Å². The number of hydrogen-bond donors (Lipinski definition) is 2. The number of esters is 1. The quantitative estimate of drug-likeness (QED) is 0.295. The highest BCUT2D eigenvalue weighted by Crippen LogP contribution is 2.40. The van der Waals surface area contributed by atoms with E-state index in [1.807, 2.05) is 0 Å². The van der Waals surface area contributed by atoms with Crippen molar-refractivity contribution in [1.29, 1.82) is 0 Å². The zero-order valence-electron chi connectivity index (χ0n) is 22.6. The molecule has 1 saturated heterocycles. The zero-order chi connectivity index (χ0) is 30.4. The standard InChI is InChI=1S/C27H26F3N5O6S/c1-4-40-24(37)16-11-26(38,25-32-9-10-42-25)12-35(16)23(36)20-21(13(2)31)41-22(34-20)15-5-7-17(39-3)19-14(15)6-8-18(33-19)27(28,29)30/h5-10,13,16,38H,4,11-12,31H2,1-3H3/t13-,16-,26-/m0/s1. The summed E-state index contributed by atoms with van der Waals surface area (Å²) in [6.45, 7) is 2.96. The largest absolute Gasteiger partial charge is 0.494 e. The number of thiazole rings is 1. The average Bonchev–Trinajstić information content (AvgIpc) is 3.71. The van der Waals surface area contributed by atoms with Crippen molar-refractivity contribution in [3.05, 3.63) is 58.0 Å². The van der Waals surface area contributed by atoms with Crippen molar-refractivity contribution in [3.8, 4) is 17.2 Å². The molecule has 0 aliphatic carbocycles. The van der Waals surface area contributed by atoms with Gasteiger partial charge in [-0.1, -0.05) is 0 Å². The van der Waals surface area contributed by atoms with E-state index in [0.29, 0.717) is 5.01 Å². The number of hydrogen-bond acceptors (Lipinski definition) is 11. The summed E-state index contributed by atoms with van der Waals surface area (Å²) in [5.41, 5.74) is 3.32. The molecular formula is C27H26F3N5O6S. The van der Waals surface area contributed by atoms with Crippen molar-refractivity contribution >= 4 is 34.1 Å². The summed E-state index contributed by atoms with van der Waals surface area (Å²) in [7, 11) is 1.30. The number of pyridine rings is 1. The molecule has 1 amide bonds. The van der Waals surface area contributed by atoms with E-state index in [4.69, 9.17) is 19.6 Å². The van der Waals surface area contributed by atoms with Gasteiger partial charge in [-0.3, -0.25) is 4.79 Å². The number of carbonyl (C=O) groups is 2. The van der Waals surface area contributed by atoms with Gasteiger partial charge in [-0.15, -0.1) is 11.3 Å². The average molecular weight is 606 g/mol. The van der Waals surface area contributed by atoms with Gasteiger partial charge in [-0.2, -0.15) is 13.2 Å². The molecular weight excluding hydrogens is 579 g/mol. The number of rotatable bonds is 7. The number of halogens is 3. The molecule has 1 aliphatic heterocycles. The summed E-state index contributed by atoms with van der Waals surface area (Å²) in [6.07, 6.45) is -3.34. The number of alkyl halides is 3. The summed E-state index contributed by atoms with van der Waals surface area (Å²) >= 11 is 1.18. The number of β-amino-alcohol motifs (C(OH)–C–C–N with tert-alkyl or cyclic N) is 1. The summed E-state index contributed by atoms with van der Waals surface area (Å²) in [5.74, 6) is -1.51. The van der Waals surface area contributed by atoms with Crippen LogP contribution in [0.25, 0.3) is 22.4 Å². The number of oxazole rings is 1. The number of aliphatic hydroxyl groups is 1. The van der Waals surface area contributed by atoms with Crippen LogP contribution in [0.2, 0.25) is 0 Å². The molecule has 11 nitrogen and oxygen atoms in total. The number of benzene rings is 1. The second-order valence-electron chi connectivity index (χ2n) is 9.70. The number of nitrogens with two attached hydrogens (primary N) is 1. The number of carbonyl (C=O) groups excluding carboxylic acids is 2. The van der Waals surface area contributed by atoms with Gasteiger partial charge in [0.05, 0.1) is 26.3 Å². The first-order valence-corrected chi connectivity index (χ1v) is 13.7. The molecule has 3 aromatic heterocycles. The first-order chi connectivity index (χ1) is 19.9. The Morgan fingerprint density at radius 2 is 2.05 bits per heavy atom. The smallest absolute Gasteiger partial charge is 0.433 e. The molecule has 3 N–H and O–H groups in total. The molecule has 222 valence electrons. The molecule has 3 atom stereocenters. The lowest BCUT2D eigenvalue weighted by Crippen LogP contribution is -2.42. The predicted octanol–water partition coefficient (Wildman–Crippen LogP) is 4.06. The molecule has 0 saturated carbocycles. The lowest BCUT2D eigenvalue weighted by molar-refractivity contribution is -0.147. The summed E-state index contributed by atoms with van der Waals surface area (Å²) < 4.78 is 56.5. The van der Waals surface area contributed by atoms with Crippen molar-refractivity contribution < 1.29 is 41.8 Å². The predicted molar refractivity (Wildman–Crippen MR) is 143 cm³/mol. The molecule has 5 rings (SSSR count). The van der Waals surface area contributed by atoms with Crippen LogP contribution in [0.5, 0.6) is 5.75 Å². The first kappa shape index (κ1) is 29.4. The monoisotopic (exact) mass is 605 g/mol. The molecule has 0 unspecified atom stereocenters. The van der Waals surface area contributed by atoms with Crippen molar-refractivity contribution in [3.63, 3.8) is 0 Å². The summed E-state index contributed by atoms with van der Waals surface area (Å²) in [4.78, 5) is 40.3. The third-order valence-corrected chi connectivity index (χ3v) is 7.79. The van der Waals surface area contributed by atoms with Gasteiger partial charge in [-0.05, 0) is 38.1 Å². The zero-order valence-corrected chi connectivity index (χ0v) is 23.5. The Labute approximate surface area is 241 Å². The Hall–Kier alpha value is -4.08. The maximum absolute atomic E-state index is 14.0. The van der Waals surface area contributed by atoms with Crippen LogP contribution in [-0.4, -0.2) is 63.1 Å². The van der Waals surface area contributed by atoms with Crippen LogP contribution in [0.3, 0.4) is 0 Å². The Bertz CT molecular complexity index is 1640. The minimum Gasteiger partial charge on any atom is -0.494 e. The van der Waals surface area contributed by atoms with Crippen LogP contribution in [0.15, 0.2) is 40.3 Å². The van der Waals surface area contributed by atoms with E-state index in [1.165, 1.54) is 42.8 Å². The fraction of sp³-hybridized carbons (Fsp3) is 0.370. The van der Waals surface area contributed by atoms with Gasteiger partial charge < -0.3 is 29.6 Å². The first-order valence-electron chi connectivity index (χ1n) is 12.8. The molecule has 1 aliphatic rings. The van der Waals surface area contributed by atoms with Crippen LogP contribution in [0.4, 0.5) is 13.2 Å². The highest BCUT2D eigenvalue weighted by molar-refractivity contribution is 7.09. The van der Waals surface area contributed by atoms with Crippen LogP contribution in [0, 0.1) is 0 Å². The molecule has 42 heavy (non-hydrogen) atoms. The van der Waals surface area contributed by atoms with Crippen LogP contribution >= 0.6 is 11.3 Å². The van der Waals surface area contributed by atoms with E-state index in [2.05, 4.69) is 15.0 Å². The second kappa shape index (κ2) is 11.0. The number of nitrogens with zero attached hydrogens (tertiary/aromatic N) is 4. The molecule has 4 heterocycles. The lowest BCUT2D eigenvalue weighted by Gasteiger charge is -2.23. The van der Waals surface area contributed by atoms with Gasteiger partial charge >= 0.3 is 12.1 Å². The van der Waals surface area contributed by atoms with Gasteiger partial charge in [0.25, 0.3) is 5.91 Å². The van der Waals surface area contributed by atoms with Gasteiger partial charge in [0.2, 0.25) is 5.89 Å². The Balaban J connectivity index is 1.60. The van der Waals surface area contributed by atoms with Gasteiger partial charge in [0, 0.05) is 28.9 Å². The SMILES string of the molecule is CCOC(=O)[C@@H]1C[C@@](O)(c2nccs2)CN1C(=O)c1nc(-c2ccc(OC)c3nc(C(F)(F)F)ccc23)oc1[C@H](C)N. The van der Waals surface area contributed by atoms with Crippen LogP contribution in [0.1, 0.15) is 53.3 Å². The number of amides is 1. The minimum atomic E-state index is -4.69. The molecule has 0 bridgehead atoms. The molecule has 15 heteroatoms. The number of methoxy groups -OCH3 is 1. The normalized spacial score (nSPS) is 19.7. The van der Waals surface area contributed by atoms with E-state index in [1.54, 1.807) is 19.2 Å². The minimum absolute atomic E-state index is 0.0221. The van der Waals surface area contributed by atoms with Gasteiger partial charge in [0.15, 0.2) is 11.5 Å². The Kier molecular flexibility index (Phi) is 7.68. The van der Waals surface area contributed by atoms with Crippen molar-refractivity contribution in [2.45, 2.75) is 44.1 Å². The van der Waals surface area contributed by atoms with Crippen molar-refractivity contribution in [1.82, 2.24) is 19.9 Å². The third-order valence-electron chi connectivity index (χ3n) is 6.82. The molecule has 1 fully saturated rings. The van der Waals surface area contributed by atoms with E-state index < -0.39 is 41.4 Å². The highest BCUT2D eigenvalue weighted by Gasteiger charge is 2.52. The fourth-order valence-electron chi connectivity index (χ4n) is 4.90. The van der Waals surface area contributed by atoms with Crippen LogP contribution < -0.4 is 10.5 Å². The molecule has 0 spiro atoms. The Morgan fingerprint density at radius 3 is 2.67 bits per heavy atom. The van der Waals surface area contributed by atoms with Crippen molar-refractivity contribution in [2.75, 3.05) is 20.3 Å². The second-order valence-corrected chi connectivity index (χ2v) is 10.6. The van der Waals surface area contributed by atoms with E-state index in [9.17, 15) is 27.9 Å². The van der Waals surface area contributed by atoms with Gasteiger partial charge in [0.1, 0.15) is 33.6 Å². The Morgan fingerprint density at radius 1 is 1.29 bits per heavy atom. The summed E-state index contributed by atoms with van der Waals surface area (Å²) in [5, 5.41) is 13.6. The number of aromatic nitrogens is 3. The number of ether oxygens (including phenoxy) is 2. The van der Waals surface area contributed by atoms with E-state index in [0.717, 1.165) is 11.0 Å².